The molecule has 0 bridgehead atoms. The molecule has 1 amide bonds. The van der Waals surface area contributed by atoms with Crippen molar-refractivity contribution in [2.75, 3.05) is 0 Å². The van der Waals surface area contributed by atoms with Crippen LogP contribution in [-0.4, -0.2) is 20.4 Å². The lowest BCUT2D eigenvalue weighted by Gasteiger charge is -2.17. The molecule has 0 aliphatic heterocycles. The molecule has 2 aromatic heterocycles. The summed E-state index contributed by atoms with van der Waals surface area (Å²) in [6.45, 7) is 2.16. The molecule has 7 heteroatoms. The van der Waals surface area contributed by atoms with Crippen molar-refractivity contribution < 1.29 is 4.79 Å². The highest BCUT2D eigenvalue weighted by Gasteiger charge is 2.18. The molecule has 2 aromatic carbocycles. The van der Waals surface area contributed by atoms with Gasteiger partial charge in [0.25, 0.3) is 0 Å². The third-order valence-corrected chi connectivity index (χ3v) is 5.68. The second kappa shape index (κ2) is 7.62. The van der Waals surface area contributed by atoms with Gasteiger partial charge >= 0.3 is 0 Å². The fourth-order valence-corrected chi connectivity index (χ4v) is 4.25. The molecule has 4 rings (SSSR count). The van der Waals surface area contributed by atoms with Crippen molar-refractivity contribution in [1.29, 1.82) is 0 Å². The van der Waals surface area contributed by atoms with Crippen LogP contribution in [0.2, 0.25) is 0 Å². The number of rotatable bonds is 5. The summed E-state index contributed by atoms with van der Waals surface area (Å²) in [6.07, 6.45) is 0. The Labute approximate surface area is 169 Å². The maximum atomic E-state index is 12.8. The van der Waals surface area contributed by atoms with Gasteiger partial charge in [0, 0.05) is 9.85 Å². The number of carbonyl (C=O) groups excluding carboxylic acids is 1. The normalized spacial score (nSPS) is 12.2. The van der Waals surface area contributed by atoms with E-state index < -0.39 is 0 Å². The van der Waals surface area contributed by atoms with Gasteiger partial charge in [-0.25, -0.2) is 9.97 Å². The Hall–Kier alpha value is -2.51. The second-order valence-electron chi connectivity index (χ2n) is 6.19. The molecule has 0 saturated heterocycles. The third kappa shape index (κ3) is 3.65. The highest BCUT2D eigenvalue weighted by atomic mass is 79.9. The van der Waals surface area contributed by atoms with Gasteiger partial charge < -0.3 is 9.88 Å². The number of nitrogens with one attached hydrogen (secondary N) is 1. The lowest BCUT2D eigenvalue weighted by Crippen LogP contribution is -2.30. The lowest BCUT2D eigenvalue weighted by atomic mass is 10.1. The zero-order valence-electron chi connectivity index (χ0n) is 14.6. The van der Waals surface area contributed by atoms with E-state index >= 15 is 0 Å². The van der Waals surface area contributed by atoms with Gasteiger partial charge in [-0.15, -0.1) is 11.3 Å². The van der Waals surface area contributed by atoms with Gasteiger partial charge in [-0.05, 0) is 30.7 Å². The minimum atomic E-state index is -0.106. The van der Waals surface area contributed by atoms with Gasteiger partial charge in [-0.3, -0.25) is 4.79 Å². The Morgan fingerprint density at radius 1 is 1.22 bits per heavy atom. The molecule has 0 radical (unpaired) electrons. The molecule has 0 aliphatic rings. The first-order chi connectivity index (χ1) is 13.1. The molecule has 5 nitrogen and oxygen atoms in total. The third-order valence-electron chi connectivity index (χ3n) is 4.37. The maximum Gasteiger partial charge on any atom is 0.240 e. The maximum absolute atomic E-state index is 12.8. The zero-order valence-corrected chi connectivity index (χ0v) is 17.0. The number of fused-ring (bicyclic) bond motifs is 1. The molecule has 27 heavy (non-hydrogen) atoms. The number of nitrogens with zero attached hydrogens (tertiary/aromatic N) is 3. The van der Waals surface area contributed by atoms with Gasteiger partial charge in [-0.2, -0.15) is 0 Å². The van der Waals surface area contributed by atoms with E-state index in [1.165, 1.54) is 11.3 Å². The predicted molar refractivity (Wildman–Crippen MR) is 112 cm³/mol. The summed E-state index contributed by atoms with van der Waals surface area (Å²) in [6, 6.07) is 15.6. The Balaban J connectivity index is 1.62. The smallest absolute Gasteiger partial charge is 0.240 e. The summed E-state index contributed by atoms with van der Waals surface area (Å²) in [7, 11) is 0. The van der Waals surface area contributed by atoms with Gasteiger partial charge in [0.05, 0.1) is 22.6 Å². The first kappa shape index (κ1) is 17.9. The van der Waals surface area contributed by atoms with Crippen molar-refractivity contribution in [3.8, 4) is 11.5 Å². The number of thiazole rings is 1. The number of benzene rings is 2. The summed E-state index contributed by atoms with van der Waals surface area (Å²) >= 11 is 5.06. The zero-order chi connectivity index (χ0) is 18.8. The average molecular weight is 441 g/mol. The minimum Gasteiger partial charge on any atom is -0.348 e. The van der Waals surface area contributed by atoms with Gasteiger partial charge in [-0.1, -0.05) is 46.3 Å². The standard InChI is InChI=1S/C20H17BrN4OS/c1-13(14-6-2-3-7-15(14)21)23-19(26)10-25-18-9-5-4-8-16(18)24-20(25)17-11-27-12-22-17/h2-9,11-13H,10H2,1H3,(H,23,26). The van der Waals surface area contributed by atoms with E-state index in [1.807, 2.05) is 65.4 Å². The number of aromatic nitrogens is 3. The van der Waals surface area contributed by atoms with Crippen molar-refractivity contribution in [2.45, 2.75) is 19.5 Å². The largest absolute Gasteiger partial charge is 0.348 e. The summed E-state index contributed by atoms with van der Waals surface area (Å²) in [5.41, 5.74) is 5.37. The quantitative estimate of drug-likeness (QED) is 0.484. The lowest BCUT2D eigenvalue weighted by molar-refractivity contribution is -0.122. The van der Waals surface area contributed by atoms with Crippen LogP contribution in [0.3, 0.4) is 0 Å². The minimum absolute atomic E-state index is 0.0714. The van der Waals surface area contributed by atoms with Crippen LogP contribution in [0.1, 0.15) is 18.5 Å². The number of amides is 1. The summed E-state index contributed by atoms with van der Waals surface area (Å²) in [4.78, 5) is 21.8. The van der Waals surface area contributed by atoms with E-state index in [0.717, 1.165) is 26.8 Å². The number of halogens is 1. The molecular weight excluding hydrogens is 424 g/mol. The average Bonchev–Trinajstić information content (AvgIpc) is 3.30. The highest BCUT2D eigenvalue weighted by molar-refractivity contribution is 9.10. The monoisotopic (exact) mass is 440 g/mol. The van der Waals surface area contributed by atoms with Crippen LogP contribution in [0.15, 0.2) is 63.9 Å². The number of imidazole rings is 1. The molecule has 0 aliphatic carbocycles. The predicted octanol–water partition coefficient (Wildman–Crippen LogP) is 4.80. The van der Waals surface area contributed by atoms with Crippen LogP contribution in [0.5, 0.6) is 0 Å². The van der Waals surface area contributed by atoms with Crippen molar-refractivity contribution in [2.24, 2.45) is 0 Å². The number of carbonyl (C=O) groups is 1. The van der Waals surface area contributed by atoms with Crippen LogP contribution in [0, 0.1) is 0 Å². The number of hydrogen-bond donors (Lipinski definition) is 1. The highest BCUT2D eigenvalue weighted by Crippen LogP contribution is 2.25. The summed E-state index contributed by atoms with van der Waals surface area (Å²) in [5, 5.41) is 5.02. The molecule has 136 valence electrons. The molecule has 0 fully saturated rings. The summed E-state index contributed by atoms with van der Waals surface area (Å²) < 4.78 is 2.90. The second-order valence-corrected chi connectivity index (χ2v) is 7.77. The van der Waals surface area contributed by atoms with Gasteiger partial charge in [0.15, 0.2) is 5.82 Å². The van der Waals surface area contributed by atoms with E-state index in [9.17, 15) is 4.79 Å². The van der Waals surface area contributed by atoms with Crippen LogP contribution in [0.4, 0.5) is 0 Å². The van der Waals surface area contributed by atoms with Crippen LogP contribution in [-0.2, 0) is 11.3 Å². The van der Waals surface area contributed by atoms with Crippen LogP contribution >= 0.6 is 27.3 Å². The fourth-order valence-electron chi connectivity index (χ4n) is 3.09. The Kier molecular flexibility index (Phi) is 5.05. The first-order valence-electron chi connectivity index (χ1n) is 8.51. The molecule has 0 spiro atoms. The molecule has 2 heterocycles. The summed E-state index contributed by atoms with van der Waals surface area (Å²) in [5.74, 6) is 0.638. The van der Waals surface area contributed by atoms with Gasteiger partial charge in [0.2, 0.25) is 5.91 Å². The Bertz CT molecular complexity index is 1090. The first-order valence-corrected chi connectivity index (χ1v) is 10.2. The van der Waals surface area contributed by atoms with Crippen LogP contribution in [0.25, 0.3) is 22.6 Å². The van der Waals surface area contributed by atoms with E-state index in [-0.39, 0.29) is 18.5 Å². The van der Waals surface area contributed by atoms with E-state index in [2.05, 4.69) is 31.2 Å². The topological polar surface area (TPSA) is 59.8 Å². The van der Waals surface area contributed by atoms with E-state index in [1.54, 1.807) is 5.51 Å². The van der Waals surface area contributed by atoms with Crippen molar-refractivity contribution in [3.63, 3.8) is 0 Å². The van der Waals surface area contributed by atoms with Gasteiger partial charge in [0.1, 0.15) is 12.2 Å². The fraction of sp³-hybridized carbons (Fsp3) is 0.150. The molecule has 0 saturated carbocycles. The van der Waals surface area contributed by atoms with Crippen molar-refractivity contribution >= 4 is 44.2 Å². The molecular formula is C20H17BrN4OS. The molecule has 1 N–H and O–H groups in total. The molecule has 1 atom stereocenters. The SMILES string of the molecule is CC(NC(=O)Cn1c(-c2cscn2)nc2ccccc21)c1ccccc1Br. The Morgan fingerprint density at radius 3 is 2.78 bits per heavy atom. The number of hydrogen-bond acceptors (Lipinski definition) is 4. The molecule has 4 aromatic rings. The Morgan fingerprint density at radius 2 is 2.00 bits per heavy atom. The van der Waals surface area contributed by atoms with E-state index in [0.29, 0.717) is 5.82 Å². The molecule has 1 unspecified atom stereocenters. The number of para-hydroxylation sites is 2. The van der Waals surface area contributed by atoms with Crippen molar-refractivity contribution in [1.82, 2.24) is 19.9 Å². The van der Waals surface area contributed by atoms with Crippen LogP contribution < -0.4 is 5.32 Å². The van der Waals surface area contributed by atoms with Crippen molar-refractivity contribution in [3.05, 3.63) is 69.5 Å². The van der Waals surface area contributed by atoms with E-state index in [4.69, 9.17) is 0 Å².